The minimum atomic E-state index is 0.771. The van der Waals surface area contributed by atoms with Crippen LogP contribution in [0, 0.1) is 6.92 Å². The Labute approximate surface area is 93.7 Å². The van der Waals surface area contributed by atoms with E-state index in [2.05, 4.69) is 24.0 Å². The van der Waals surface area contributed by atoms with E-state index in [1.807, 2.05) is 30.3 Å². The number of hydrogen-bond donors (Lipinski definition) is 1. The van der Waals surface area contributed by atoms with Gasteiger partial charge in [0.25, 0.3) is 0 Å². The molecule has 0 aliphatic carbocycles. The van der Waals surface area contributed by atoms with Gasteiger partial charge in [0.05, 0.1) is 11.0 Å². The number of para-hydroxylation sites is 1. The summed E-state index contributed by atoms with van der Waals surface area (Å²) in [4.78, 5) is 4.62. The Morgan fingerprint density at radius 2 is 1.81 bits per heavy atom. The zero-order chi connectivity index (χ0) is 11.1. The van der Waals surface area contributed by atoms with E-state index in [-0.39, 0.29) is 0 Å². The van der Waals surface area contributed by atoms with Crippen LogP contribution in [0.5, 0.6) is 0 Å². The quantitative estimate of drug-likeness (QED) is 0.455. The van der Waals surface area contributed by atoms with Gasteiger partial charge in [-0.3, -0.25) is 0 Å². The molecule has 0 aliphatic rings. The van der Waals surface area contributed by atoms with Crippen LogP contribution in [0.1, 0.15) is 5.56 Å². The van der Waals surface area contributed by atoms with Crippen LogP contribution in [0.4, 0.5) is 5.69 Å². The molecule has 0 amide bonds. The molecule has 2 N–H and O–H groups in total. The van der Waals surface area contributed by atoms with E-state index in [0.717, 1.165) is 16.7 Å². The van der Waals surface area contributed by atoms with Crippen molar-refractivity contribution in [1.82, 2.24) is 4.98 Å². The smallest absolute Gasteiger partial charge is 0.0732 e. The summed E-state index contributed by atoms with van der Waals surface area (Å²) < 4.78 is 0. The lowest BCUT2D eigenvalue weighted by Gasteiger charge is -2.05. The minimum Gasteiger partial charge on any atom is -0.399 e. The molecule has 3 rings (SSSR count). The molecule has 78 valence electrons. The van der Waals surface area contributed by atoms with E-state index in [4.69, 9.17) is 5.73 Å². The lowest BCUT2D eigenvalue weighted by Crippen LogP contribution is -1.90. The van der Waals surface area contributed by atoms with Crippen LogP contribution in [0.2, 0.25) is 0 Å². The molecule has 2 nitrogen and oxygen atoms in total. The molecule has 0 unspecified atom stereocenters. The number of rotatable bonds is 0. The van der Waals surface area contributed by atoms with Crippen LogP contribution in [0.15, 0.2) is 42.5 Å². The van der Waals surface area contributed by atoms with Crippen molar-refractivity contribution in [2.45, 2.75) is 6.92 Å². The second-order valence-corrected chi connectivity index (χ2v) is 4.09. The summed E-state index contributed by atoms with van der Waals surface area (Å²) in [5, 5.41) is 2.34. The van der Waals surface area contributed by atoms with Crippen molar-refractivity contribution in [1.29, 1.82) is 0 Å². The first-order chi connectivity index (χ1) is 7.74. The molecule has 0 atom stereocenters. The Kier molecular flexibility index (Phi) is 1.83. The molecule has 2 aromatic carbocycles. The maximum absolute atomic E-state index is 5.83. The molecule has 1 aromatic heterocycles. The number of benzene rings is 2. The summed E-state index contributed by atoms with van der Waals surface area (Å²) in [6.45, 7) is 2.06. The van der Waals surface area contributed by atoms with E-state index in [0.29, 0.717) is 0 Å². The third kappa shape index (κ3) is 1.31. The van der Waals surface area contributed by atoms with Crippen LogP contribution < -0.4 is 5.73 Å². The van der Waals surface area contributed by atoms with Gasteiger partial charge in [0.2, 0.25) is 0 Å². The molecule has 3 aromatic rings. The fraction of sp³-hybridized carbons (Fsp3) is 0.0714. The van der Waals surface area contributed by atoms with E-state index in [9.17, 15) is 0 Å². The normalized spacial score (nSPS) is 11.1. The van der Waals surface area contributed by atoms with Crippen molar-refractivity contribution in [3.63, 3.8) is 0 Å². The Morgan fingerprint density at radius 3 is 2.69 bits per heavy atom. The molecule has 0 aliphatic heterocycles. The topological polar surface area (TPSA) is 38.9 Å². The molecule has 0 bridgehead atoms. The summed E-state index contributed by atoms with van der Waals surface area (Å²) in [6.07, 6.45) is 0. The fourth-order valence-corrected chi connectivity index (χ4v) is 2.08. The average molecular weight is 208 g/mol. The number of hydrogen-bond acceptors (Lipinski definition) is 2. The largest absolute Gasteiger partial charge is 0.399 e. The van der Waals surface area contributed by atoms with Crippen molar-refractivity contribution in [2.75, 3.05) is 5.73 Å². The first kappa shape index (κ1) is 9.16. The van der Waals surface area contributed by atoms with E-state index in [1.54, 1.807) is 0 Å². The van der Waals surface area contributed by atoms with E-state index < -0.39 is 0 Å². The monoisotopic (exact) mass is 208 g/mol. The second-order valence-electron chi connectivity index (χ2n) is 4.09. The summed E-state index contributed by atoms with van der Waals surface area (Å²) in [5.74, 6) is 0. The molecular weight excluding hydrogens is 196 g/mol. The average Bonchev–Trinajstić information content (AvgIpc) is 2.27. The number of pyridine rings is 1. The maximum atomic E-state index is 5.83. The predicted octanol–water partition coefficient (Wildman–Crippen LogP) is 3.28. The first-order valence-electron chi connectivity index (χ1n) is 5.30. The van der Waals surface area contributed by atoms with Gasteiger partial charge < -0.3 is 5.73 Å². The summed E-state index contributed by atoms with van der Waals surface area (Å²) in [7, 11) is 0. The van der Waals surface area contributed by atoms with Gasteiger partial charge in [0.1, 0.15) is 0 Å². The van der Waals surface area contributed by atoms with Crippen LogP contribution >= 0.6 is 0 Å². The van der Waals surface area contributed by atoms with Gasteiger partial charge in [-0.15, -0.1) is 0 Å². The lowest BCUT2D eigenvalue weighted by atomic mass is 10.1. The molecule has 0 radical (unpaired) electrons. The fourth-order valence-electron chi connectivity index (χ4n) is 2.08. The molecule has 1 heterocycles. The van der Waals surface area contributed by atoms with E-state index >= 15 is 0 Å². The van der Waals surface area contributed by atoms with Gasteiger partial charge in [-0.25, -0.2) is 4.98 Å². The van der Waals surface area contributed by atoms with Crippen molar-refractivity contribution in [2.24, 2.45) is 0 Å². The SMILES string of the molecule is Cc1cc(N)cc2nc3ccccc3cc12. The Balaban J connectivity index is 2.51. The van der Waals surface area contributed by atoms with Crippen LogP contribution in [0.3, 0.4) is 0 Å². The highest BCUT2D eigenvalue weighted by atomic mass is 14.7. The standard InChI is InChI=1S/C14H12N2/c1-9-6-11(15)8-14-12(9)7-10-4-2-3-5-13(10)16-14/h2-8H,15H2,1H3. The molecule has 0 saturated carbocycles. The lowest BCUT2D eigenvalue weighted by molar-refractivity contribution is 1.46. The number of aryl methyl sites for hydroxylation is 1. The van der Waals surface area contributed by atoms with Gasteiger partial charge >= 0.3 is 0 Å². The molecule has 0 saturated heterocycles. The predicted molar refractivity (Wildman–Crippen MR) is 68.4 cm³/mol. The molecule has 16 heavy (non-hydrogen) atoms. The summed E-state index contributed by atoms with van der Waals surface area (Å²) in [6, 6.07) is 14.2. The number of nitrogen functional groups attached to an aromatic ring is 1. The summed E-state index contributed by atoms with van der Waals surface area (Å²) >= 11 is 0. The first-order valence-corrected chi connectivity index (χ1v) is 5.30. The molecule has 0 spiro atoms. The number of anilines is 1. The maximum Gasteiger partial charge on any atom is 0.0732 e. The van der Waals surface area contributed by atoms with Gasteiger partial charge in [0, 0.05) is 16.5 Å². The Bertz CT molecular complexity index is 687. The molecule has 0 fully saturated rings. The van der Waals surface area contributed by atoms with Crippen molar-refractivity contribution < 1.29 is 0 Å². The minimum absolute atomic E-state index is 0.771. The van der Waals surface area contributed by atoms with Gasteiger partial charge in [-0.1, -0.05) is 18.2 Å². The van der Waals surface area contributed by atoms with Gasteiger partial charge in [-0.2, -0.15) is 0 Å². The zero-order valence-electron chi connectivity index (χ0n) is 9.07. The zero-order valence-corrected chi connectivity index (χ0v) is 9.07. The third-order valence-corrected chi connectivity index (χ3v) is 2.86. The Hall–Kier alpha value is -2.09. The third-order valence-electron chi connectivity index (χ3n) is 2.86. The Morgan fingerprint density at radius 1 is 1.00 bits per heavy atom. The van der Waals surface area contributed by atoms with Crippen LogP contribution in [-0.2, 0) is 0 Å². The van der Waals surface area contributed by atoms with Crippen molar-refractivity contribution in [3.8, 4) is 0 Å². The van der Waals surface area contributed by atoms with Gasteiger partial charge in [-0.05, 0) is 36.8 Å². The highest BCUT2D eigenvalue weighted by molar-refractivity contribution is 5.95. The number of aromatic nitrogens is 1. The molecular formula is C14H12N2. The van der Waals surface area contributed by atoms with Crippen molar-refractivity contribution >= 4 is 27.5 Å². The second kappa shape index (κ2) is 3.20. The van der Waals surface area contributed by atoms with Crippen molar-refractivity contribution in [3.05, 3.63) is 48.0 Å². The summed E-state index contributed by atoms with van der Waals surface area (Å²) in [5.41, 5.74) is 9.76. The molecule has 2 heteroatoms. The highest BCUT2D eigenvalue weighted by Crippen LogP contribution is 2.24. The number of nitrogens with zero attached hydrogens (tertiary/aromatic N) is 1. The van der Waals surface area contributed by atoms with Crippen LogP contribution in [0.25, 0.3) is 21.8 Å². The van der Waals surface area contributed by atoms with E-state index in [1.165, 1.54) is 16.3 Å². The highest BCUT2D eigenvalue weighted by Gasteiger charge is 2.02. The van der Waals surface area contributed by atoms with Crippen LogP contribution in [-0.4, -0.2) is 4.98 Å². The van der Waals surface area contributed by atoms with Gasteiger partial charge in [0.15, 0.2) is 0 Å². The number of fused-ring (bicyclic) bond motifs is 2. The number of nitrogens with two attached hydrogens (primary N) is 1.